The minimum absolute atomic E-state index is 0.140. The molecular formula is C18H23N5O3. The van der Waals surface area contributed by atoms with Gasteiger partial charge in [-0.2, -0.15) is 0 Å². The summed E-state index contributed by atoms with van der Waals surface area (Å²) in [6.45, 7) is 0.177. The highest BCUT2D eigenvalue weighted by molar-refractivity contribution is 5.88. The van der Waals surface area contributed by atoms with Crippen LogP contribution in [-0.2, 0) is 20.9 Å². The van der Waals surface area contributed by atoms with Crippen molar-refractivity contribution in [3.8, 4) is 0 Å². The normalized spacial score (nSPS) is 28.5. The number of nitrogens with two attached hydrogens (primary N) is 1. The van der Waals surface area contributed by atoms with Crippen molar-refractivity contribution in [3.05, 3.63) is 46.3 Å². The minimum atomic E-state index is -0.684. The van der Waals surface area contributed by atoms with Crippen LogP contribution in [-0.4, -0.2) is 40.9 Å². The van der Waals surface area contributed by atoms with Gasteiger partial charge in [0.2, 0.25) is 5.91 Å². The zero-order valence-corrected chi connectivity index (χ0v) is 14.5. The van der Waals surface area contributed by atoms with E-state index in [4.69, 9.17) is 16.0 Å². The average molecular weight is 357 g/mol. The molecule has 8 heteroatoms. The maximum absolute atomic E-state index is 12.7. The van der Waals surface area contributed by atoms with E-state index >= 15 is 0 Å². The van der Waals surface area contributed by atoms with Crippen LogP contribution in [0.1, 0.15) is 37.7 Å². The molecule has 26 heavy (non-hydrogen) atoms. The Morgan fingerprint density at radius 3 is 2.77 bits per heavy atom. The molecule has 0 saturated carbocycles. The lowest BCUT2D eigenvalue weighted by molar-refractivity contribution is -0.156. The standard InChI is InChI=1S/C18H23N5O3/c19-15-8-6-13(21-22-20)10-14-7-9-16(23(14)17(15)24)18(25)26-11-12-4-2-1-3-5-12/h1-5,13-16H,6-11,19H2/t13?,14-,15+,16+/m1/s1. The molecule has 1 aromatic carbocycles. The van der Waals surface area contributed by atoms with Gasteiger partial charge < -0.3 is 15.4 Å². The summed E-state index contributed by atoms with van der Waals surface area (Å²) in [7, 11) is 0. The SMILES string of the molecule is [N-]=[N+]=NC1CC[C@H](N)C(=O)N2[C@H](CC[C@H]2C(=O)OCc2ccccc2)C1. The van der Waals surface area contributed by atoms with Gasteiger partial charge in [0.25, 0.3) is 0 Å². The van der Waals surface area contributed by atoms with Gasteiger partial charge in [0, 0.05) is 17.0 Å². The van der Waals surface area contributed by atoms with Gasteiger partial charge >= 0.3 is 5.97 Å². The lowest BCUT2D eigenvalue weighted by Gasteiger charge is -2.35. The van der Waals surface area contributed by atoms with Crippen LogP contribution in [0.5, 0.6) is 0 Å². The first kappa shape index (κ1) is 18.2. The number of carbonyl (C=O) groups is 2. The van der Waals surface area contributed by atoms with Gasteiger partial charge in [-0.1, -0.05) is 35.4 Å². The number of nitrogens with zero attached hydrogens (tertiary/aromatic N) is 4. The number of azide groups is 1. The Bertz CT molecular complexity index is 704. The maximum atomic E-state index is 12.7. The van der Waals surface area contributed by atoms with Crippen molar-refractivity contribution >= 4 is 11.9 Å². The van der Waals surface area contributed by atoms with E-state index in [0.717, 1.165) is 5.56 Å². The van der Waals surface area contributed by atoms with Crippen LogP contribution in [0.2, 0.25) is 0 Å². The first-order chi connectivity index (χ1) is 12.6. The molecule has 0 radical (unpaired) electrons. The van der Waals surface area contributed by atoms with Crippen molar-refractivity contribution in [2.24, 2.45) is 10.8 Å². The van der Waals surface area contributed by atoms with Gasteiger partial charge in [-0.3, -0.25) is 4.79 Å². The number of amides is 1. The number of carbonyl (C=O) groups excluding carboxylic acids is 2. The zero-order chi connectivity index (χ0) is 18.5. The van der Waals surface area contributed by atoms with Crippen LogP contribution < -0.4 is 5.73 Å². The van der Waals surface area contributed by atoms with Crippen molar-refractivity contribution in [1.82, 2.24) is 4.90 Å². The molecule has 4 atom stereocenters. The van der Waals surface area contributed by atoms with Gasteiger partial charge in [-0.25, -0.2) is 4.79 Å². The summed E-state index contributed by atoms with van der Waals surface area (Å²) in [6, 6.07) is 7.77. The highest BCUT2D eigenvalue weighted by atomic mass is 16.5. The Labute approximate surface area is 151 Å². The molecule has 2 aliphatic heterocycles. The molecule has 2 heterocycles. The number of fused-ring (bicyclic) bond motifs is 1. The van der Waals surface area contributed by atoms with Gasteiger partial charge in [0.05, 0.1) is 6.04 Å². The van der Waals surface area contributed by atoms with Crippen LogP contribution in [0.25, 0.3) is 10.4 Å². The number of esters is 1. The van der Waals surface area contributed by atoms with Crippen molar-refractivity contribution in [3.63, 3.8) is 0 Å². The summed E-state index contributed by atoms with van der Waals surface area (Å²) in [6.07, 6.45) is 2.81. The summed E-state index contributed by atoms with van der Waals surface area (Å²) >= 11 is 0. The molecule has 2 N–H and O–H groups in total. The average Bonchev–Trinajstić information content (AvgIpc) is 3.06. The largest absolute Gasteiger partial charge is 0.459 e. The highest BCUT2D eigenvalue weighted by Gasteiger charge is 2.44. The molecule has 0 aliphatic carbocycles. The van der Waals surface area contributed by atoms with E-state index in [0.29, 0.717) is 32.1 Å². The Morgan fingerprint density at radius 1 is 1.27 bits per heavy atom. The van der Waals surface area contributed by atoms with Crippen LogP contribution in [0.3, 0.4) is 0 Å². The number of rotatable bonds is 4. The predicted octanol–water partition coefficient (Wildman–Crippen LogP) is 2.28. The summed E-state index contributed by atoms with van der Waals surface area (Å²) in [5.74, 6) is -0.619. The second kappa shape index (κ2) is 8.21. The van der Waals surface area contributed by atoms with E-state index in [1.165, 1.54) is 0 Å². The molecule has 1 amide bonds. The predicted molar refractivity (Wildman–Crippen MR) is 94.7 cm³/mol. The molecule has 2 fully saturated rings. The van der Waals surface area contributed by atoms with Crippen LogP contribution in [0.4, 0.5) is 0 Å². The van der Waals surface area contributed by atoms with E-state index < -0.39 is 18.1 Å². The van der Waals surface area contributed by atoms with Crippen molar-refractivity contribution < 1.29 is 14.3 Å². The second-order valence-electron chi connectivity index (χ2n) is 6.86. The Morgan fingerprint density at radius 2 is 2.04 bits per heavy atom. The fourth-order valence-electron chi connectivity index (χ4n) is 3.80. The number of hydrogen-bond donors (Lipinski definition) is 1. The molecule has 1 aromatic rings. The monoisotopic (exact) mass is 357 g/mol. The Balaban J connectivity index is 1.71. The zero-order valence-electron chi connectivity index (χ0n) is 14.5. The topological polar surface area (TPSA) is 121 Å². The van der Waals surface area contributed by atoms with Crippen LogP contribution in [0, 0.1) is 0 Å². The summed E-state index contributed by atoms with van der Waals surface area (Å²) in [4.78, 5) is 29.8. The molecule has 2 aliphatic rings. The third kappa shape index (κ3) is 3.98. The highest BCUT2D eigenvalue weighted by Crippen LogP contribution is 2.32. The summed E-state index contributed by atoms with van der Waals surface area (Å²) in [5, 5.41) is 3.82. The van der Waals surface area contributed by atoms with E-state index in [-0.39, 0.29) is 24.6 Å². The van der Waals surface area contributed by atoms with E-state index in [1.54, 1.807) is 4.90 Å². The molecule has 3 rings (SSSR count). The van der Waals surface area contributed by atoms with Gasteiger partial charge in [0.15, 0.2) is 0 Å². The third-order valence-corrected chi connectivity index (χ3v) is 5.14. The minimum Gasteiger partial charge on any atom is -0.459 e. The van der Waals surface area contributed by atoms with Crippen LogP contribution >= 0.6 is 0 Å². The number of benzene rings is 1. The van der Waals surface area contributed by atoms with Crippen LogP contribution in [0.15, 0.2) is 35.4 Å². The number of hydrogen-bond acceptors (Lipinski definition) is 5. The summed E-state index contributed by atoms with van der Waals surface area (Å²) < 4.78 is 5.44. The molecule has 0 bridgehead atoms. The van der Waals surface area contributed by atoms with Crippen molar-refractivity contribution in [1.29, 1.82) is 0 Å². The lowest BCUT2D eigenvalue weighted by Crippen LogP contribution is -2.53. The molecular weight excluding hydrogens is 334 g/mol. The van der Waals surface area contributed by atoms with Crippen molar-refractivity contribution in [2.75, 3.05) is 0 Å². The molecule has 138 valence electrons. The first-order valence-electron chi connectivity index (χ1n) is 8.92. The Hall–Kier alpha value is -2.57. The fourth-order valence-corrected chi connectivity index (χ4v) is 3.80. The molecule has 2 saturated heterocycles. The molecule has 0 spiro atoms. The molecule has 1 unspecified atom stereocenters. The lowest BCUT2D eigenvalue weighted by atomic mass is 9.95. The quantitative estimate of drug-likeness (QED) is 0.384. The molecule has 8 nitrogen and oxygen atoms in total. The van der Waals surface area contributed by atoms with Gasteiger partial charge in [-0.15, -0.1) is 0 Å². The third-order valence-electron chi connectivity index (χ3n) is 5.14. The second-order valence-corrected chi connectivity index (χ2v) is 6.86. The number of ether oxygens (including phenoxy) is 1. The fraction of sp³-hybridized carbons (Fsp3) is 0.556. The first-order valence-corrected chi connectivity index (χ1v) is 8.92. The molecule has 0 aromatic heterocycles. The summed E-state index contributed by atoms with van der Waals surface area (Å²) in [5.41, 5.74) is 15.6. The van der Waals surface area contributed by atoms with Gasteiger partial charge in [0.1, 0.15) is 12.6 Å². The van der Waals surface area contributed by atoms with E-state index in [2.05, 4.69) is 10.0 Å². The van der Waals surface area contributed by atoms with E-state index in [1.807, 2.05) is 30.3 Å². The smallest absolute Gasteiger partial charge is 0.329 e. The Kier molecular flexibility index (Phi) is 5.75. The van der Waals surface area contributed by atoms with Crippen molar-refractivity contribution in [2.45, 2.75) is 62.9 Å². The van der Waals surface area contributed by atoms with Gasteiger partial charge in [-0.05, 0) is 43.2 Å². The van der Waals surface area contributed by atoms with E-state index in [9.17, 15) is 9.59 Å². The maximum Gasteiger partial charge on any atom is 0.329 e.